The van der Waals surface area contributed by atoms with Crippen LogP contribution in [0.25, 0.3) is 0 Å². The van der Waals surface area contributed by atoms with Crippen molar-refractivity contribution in [3.8, 4) is 17.2 Å². The number of rotatable bonds is 6. The van der Waals surface area contributed by atoms with Crippen LogP contribution in [0.4, 0.5) is 0 Å². The van der Waals surface area contributed by atoms with Gasteiger partial charge >= 0.3 is 0 Å². The molecule has 1 aromatic carbocycles. The molecule has 1 aliphatic heterocycles. The summed E-state index contributed by atoms with van der Waals surface area (Å²) in [5, 5.41) is 0. The van der Waals surface area contributed by atoms with Crippen LogP contribution in [0, 0.1) is 0 Å². The molecular weight excluding hydrogens is 270 g/mol. The molecule has 0 amide bonds. The summed E-state index contributed by atoms with van der Waals surface area (Å²) >= 11 is 0. The zero-order valence-electron chi connectivity index (χ0n) is 10.7. The van der Waals surface area contributed by atoms with E-state index in [1.165, 1.54) is 6.26 Å². The van der Waals surface area contributed by atoms with Crippen molar-refractivity contribution in [3.05, 3.63) is 17.7 Å². The summed E-state index contributed by atoms with van der Waals surface area (Å²) in [7, 11) is -3.04. The average Bonchev–Trinajstić information content (AvgIpc) is 2.75. The van der Waals surface area contributed by atoms with E-state index in [0.717, 1.165) is 5.56 Å². The zero-order chi connectivity index (χ0) is 13.9. The van der Waals surface area contributed by atoms with Crippen LogP contribution < -0.4 is 19.9 Å². The zero-order valence-corrected chi connectivity index (χ0v) is 11.5. The summed E-state index contributed by atoms with van der Waals surface area (Å²) in [6.07, 6.45) is 1.81. The molecule has 0 radical (unpaired) electrons. The highest BCUT2D eigenvalue weighted by atomic mass is 32.2. The fraction of sp³-hybridized carbons (Fsp3) is 0.500. The van der Waals surface area contributed by atoms with Crippen LogP contribution in [0.5, 0.6) is 17.2 Å². The van der Waals surface area contributed by atoms with E-state index in [9.17, 15) is 8.42 Å². The van der Waals surface area contributed by atoms with Gasteiger partial charge in [0.25, 0.3) is 0 Å². The molecule has 0 fully saturated rings. The van der Waals surface area contributed by atoms with Gasteiger partial charge in [0.15, 0.2) is 21.3 Å². The van der Waals surface area contributed by atoms with Gasteiger partial charge in [-0.25, -0.2) is 8.42 Å². The number of hydrogen-bond donors (Lipinski definition) is 1. The quantitative estimate of drug-likeness (QED) is 0.811. The van der Waals surface area contributed by atoms with Crippen molar-refractivity contribution >= 4 is 9.84 Å². The summed E-state index contributed by atoms with van der Waals surface area (Å²) in [6, 6.07) is 3.54. The molecule has 7 heteroatoms. The summed E-state index contributed by atoms with van der Waals surface area (Å²) in [5.41, 5.74) is 6.44. The highest BCUT2D eigenvalue weighted by molar-refractivity contribution is 7.90. The maximum absolute atomic E-state index is 11.1. The largest absolute Gasteiger partial charge is 0.492 e. The molecule has 2 rings (SSSR count). The Kier molecular flexibility index (Phi) is 4.16. The van der Waals surface area contributed by atoms with Gasteiger partial charge in [-0.3, -0.25) is 0 Å². The molecule has 106 valence electrons. The van der Waals surface area contributed by atoms with Gasteiger partial charge < -0.3 is 19.9 Å². The molecule has 1 aromatic rings. The lowest BCUT2D eigenvalue weighted by Gasteiger charge is -2.11. The van der Waals surface area contributed by atoms with Crippen molar-refractivity contribution < 1.29 is 22.6 Å². The third kappa shape index (κ3) is 3.74. The van der Waals surface area contributed by atoms with Gasteiger partial charge in [-0.05, 0) is 24.6 Å². The number of hydrogen-bond acceptors (Lipinski definition) is 6. The Hall–Kier alpha value is -1.47. The summed E-state index contributed by atoms with van der Waals surface area (Å²) < 4.78 is 38.2. The Morgan fingerprint density at radius 1 is 1.32 bits per heavy atom. The van der Waals surface area contributed by atoms with Crippen LogP contribution in [0.2, 0.25) is 0 Å². The first-order valence-corrected chi connectivity index (χ1v) is 7.99. The van der Waals surface area contributed by atoms with E-state index >= 15 is 0 Å². The van der Waals surface area contributed by atoms with Crippen molar-refractivity contribution in [1.29, 1.82) is 0 Å². The third-order valence-electron chi connectivity index (χ3n) is 2.68. The molecule has 0 saturated carbocycles. The lowest BCUT2D eigenvalue weighted by molar-refractivity contribution is 0.174. The smallest absolute Gasteiger partial charge is 0.231 e. The fourth-order valence-corrected chi connectivity index (χ4v) is 2.14. The first kappa shape index (κ1) is 14.0. The molecule has 6 nitrogen and oxygen atoms in total. The van der Waals surface area contributed by atoms with Gasteiger partial charge in [0.05, 0.1) is 5.75 Å². The number of ether oxygens (including phenoxy) is 3. The van der Waals surface area contributed by atoms with E-state index in [0.29, 0.717) is 30.2 Å². The summed E-state index contributed by atoms with van der Waals surface area (Å²) in [5.74, 6) is 1.84. The molecule has 2 N–H and O–H groups in total. The standard InChI is InChI=1S/C12H17NO5S/c1-19(14,15)5-4-16-10-7-12-11(17-8-18-12)6-9(10)2-3-13/h6-7H,2-5,8,13H2,1H3. The summed E-state index contributed by atoms with van der Waals surface area (Å²) in [4.78, 5) is 0. The summed E-state index contributed by atoms with van der Waals surface area (Å²) in [6.45, 7) is 0.766. The minimum atomic E-state index is -3.04. The second kappa shape index (κ2) is 5.66. The van der Waals surface area contributed by atoms with Gasteiger partial charge in [0.1, 0.15) is 12.4 Å². The Morgan fingerprint density at radius 2 is 2.00 bits per heavy atom. The van der Waals surface area contributed by atoms with Crippen LogP contribution in [0.15, 0.2) is 12.1 Å². The fourth-order valence-electron chi connectivity index (χ4n) is 1.75. The van der Waals surface area contributed by atoms with Crippen LogP contribution in [-0.4, -0.2) is 40.4 Å². The molecular formula is C12H17NO5S. The van der Waals surface area contributed by atoms with E-state index in [-0.39, 0.29) is 19.2 Å². The number of sulfone groups is 1. The lowest BCUT2D eigenvalue weighted by atomic mass is 10.1. The van der Waals surface area contributed by atoms with Crippen molar-refractivity contribution in [2.45, 2.75) is 6.42 Å². The van der Waals surface area contributed by atoms with Crippen molar-refractivity contribution in [2.24, 2.45) is 5.73 Å². The molecule has 1 heterocycles. The first-order valence-electron chi connectivity index (χ1n) is 5.93. The van der Waals surface area contributed by atoms with Crippen LogP contribution >= 0.6 is 0 Å². The van der Waals surface area contributed by atoms with Crippen molar-refractivity contribution in [2.75, 3.05) is 32.0 Å². The minimum absolute atomic E-state index is 0.0243. The Labute approximate surface area is 112 Å². The molecule has 0 atom stereocenters. The van der Waals surface area contributed by atoms with E-state index in [1.807, 2.05) is 6.07 Å². The maximum Gasteiger partial charge on any atom is 0.231 e. The Morgan fingerprint density at radius 3 is 2.63 bits per heavy atom. The van der Waals surface area contributed by atoms with Crippen molar-refractivity contribution in [1.82, 2.24) is 0 Å². The number of benzene rings is 1. The average molecular weight is 287 g/mol. The first-order chi connectivity index (χ1) is 8.99. The van der Waals surface area contributed by atoms with Crippen LogP contribution in [0.1, 0.15) is 5.56 Å². The predicted octanol–water partition coefficient (Wildman–Crippen LogP) is 0.340. The van der Waals surface area contributed by atoms with E-state index in [4.69, 9.17) is 19.9 Å². The topological polar surface area (TPSA) is 87.9 Å². The lowest BCUT2D eigenvalue weighted by Crippen LogP contribution is -2.13. The van der Waals surface area contributed by atoms with Crippen molar-refractivity contribution in [3.63, 3.8) is 0 Å². The van der Waals surface area contributed by atoms with Gasteiger partial charge in [0, 0.05) is 12.3 Å². The monoisotopic (exact) mass is 287 g/mol. The SMILES string of the molecule is CS(=O)(=O)CCOc1cc2c(cc1CCN)OCO2. The maximum atomic E-state index is 11.1. The molecule has 1 aliphatic rings. The third-order valence-corrected chi connectivity index (χ3v) is 3.59. The molecule has 0 unspecified atom stereocenters. The second-order valence-corrected chi connectivity index (χ2v) is 6.59. The van der Waals surface area contributed by atoms with Gasteiger partial charge in [0.2, 0.25) is 6.79 Å². The minimum Gasteiger partial charge on any atom is -0.492 e. The predicted molar refractivity (Wildman–Crippen MR) is 70.5 cm³/mol. The Bertz CT molecular complexity index is 555. The normalized spacial score (nSPS) is 13.6. The molecule has 0 aliphatic carbocycles. The molecule has 0 bridgehead atoms. The van der Waals surface area contributed by atoms with E-state index in [1.54, 1.807) is 6.07 Å². The van der Waals surface area contributed by atoms with Gasteiger partial charge in [-0.15, -0.1) is 0 Å². The molecule has 0 spiro atoms. The van der Waals surface area contributed by atoms with Gasteiger partial charge in [-0.2, -0.15) is 0 Å². The van der Waals surface area contributed by atoms with Gasteiger partial charge in [-0.1, -0.05) is 0 Å². The van der Waals surface area contributed by atoms with E-state index in [2.05, 4.69) is 0 Å². The highest BCUT2D eigenvalue weighted by Crippen LogP contribution is 2.38. The van der Waals surface area contributed by atoms with E-state index < -0.39 is 9.84 Å². The molecule has 19 heavy (non-hydrogen) atoms. The Balaban J connectivity index is 2.13. The molecule has 0 aromatic heterocycles. The van der Waals surface area contributed by atoms with Crippen LogP contribution in [-0.2, 0) is 16.3 Å². The number of nitrogens with two attached hydrogens (primary N) is 1. The highest BCUT2D eigenvalue weighted by Gasteiger charge is 2.18. The molecule has 0 saturated heterocycles. The van der Waals surface area contributed by atoms with Crippen LogP contribution in [0.3, 0.4) is 0 Å². The second-order valence-electron chi connectivity index (χ2n) is 4.33. The number of fused-ring (bicyclic) bond motifs is 1.